The van der Waals surface area contributed by atoms with Gasteiger partial charge in [-0.05, 0) is 89.9 Å². The minimum atomic E-state index is -1.55. The number of allylic oxidation sites excluding steroid dienone is 16. The van der Waals surface area contributed by atoms with Crippen LogP contribution >= 0.6 is 0 Å². The van der Waals surface area contributed by atoms with E-state index in [1.54, 1.807) is 0 Å². The van der Waals surface area contributed by atoms with Gasteiger partial charge in [-0.15, -0.1) is 0 Å². The van der Waals surface area contributed by atoms with Crippen molar-refractivity contribution in [2.45, 2.75) is 192 Å². The predicted molar refractivity (Wildman–Crippen MR) is 246 cm³/mol. The Labute approximate surface area is 364 Å². The molecule has 1 fully saturated rings. The zero-order chi connectivity index (χ0) is 43.6. The fourth-order valence-electron chi connectivity index (χ4n) is 6.41. The summed E-state index contributed by atoms with van der Waals surface area (Å²) in [5.41, 5.74) is 0. The third-order valence-corrected chi connectivity index (χ3v) is 10.00. The van der Waals surface area contributed by atoms with Crippen LogP contribution in [-0.4, -0.2) is 89.6 Å². The van der Waals surface area contributed by atoms with Gasteiger partial charge in [0.15, 0.2) is 6.29 Å². The first kappa shape index (κ1) is 55.1. The van der Waals surface area contributed by atoms with Gasteiger partial charge >= 0.3 is 5.97 Å². The summed E-state index contributed by atoms with van der Waals surface area (Å²) in [6, 6.07) is 0. The van der Waals surface area contributed by atoms with Gasteiger partial charge in [0.2, 0.25) is 0 Å². The monoisotopic (exact) mass is 841 g/mol. The second kappa shape index (κ2) is 41.5. The second-order valence-electron chi connectivity index (χ2n) is 15.4. The number of aliphatic hydroxyl groups is 4. The quantitative estimate of drug-likeness (QED) is 0.0272. The minimum absolute atomic E-state index is 0.118. The second-order valence-corrected chi connectivity index (χ2v) is 15.4. The van der Waals surface area contributed by atoms with Gasteiger partial charge in [0.1, 0.15) is 30.5 Å². The van der Waals surface area contributed by atoms with Crippen LogP contribution in [0.4, 0.5) is 0 Å². The highest BCUT2D eigenvalue weighted by molar-refractivity contribution is 5.69. The molecule has 9 nitrogen and oxygen atoms in total. The van der Waals surface area contributed by atoms with Crippen LogP contribution < -0.4 is 0 Å². The molecule has 0 saturated carbocycles. The van der Waals surface area contributed by atoms with Gasteiger partial charge in [0.05, 0.1) is 19.8 Å². The average Bonchev–Trinajstić information content (AvgIpc) is 3.25. The number of hydrogen-bond donors (Lipinski definition) is 4. The Hall–Kier alpha value is -2.89. The standard InChI is InChI=1S/C51H84O9/c1-3-5-7-9-11-13-15-17-19-20-21-22-23-24-25-26-27-28-30-32-34-36-38-40-47(53)59-45(44-58-51-50(56)49(55)48(54)46(42-52)60-51)43-57-41-39-37-35-33-31-29-18-16-14-12-10-8-6-4-2/h5-8,11-14,17-19,21-22,24-25,29,45-46,48-52,54-56H,3-4,9-10,15-16,20,23,26-28,30-44H2,1-2H3/b7-5-,8-6-,13-11-,14-12-,19-17-,22-21-,25-24-,29-18-. The van der Waals surface area contributed by atoms with Gasteiger partial charge in [-0.3, -0.25) is 4.79 Å². The van der Waals surface area contributed by atoms with Crippen LogP contribution in [0, 0.1) is 0 Å². The van der Waals surface area contributed by atoms with Crippen molar-refractivity contribution in [3.8, 4) is 0 Å². The van der Waals surface area contributed by atoms with E-state index in [9.17, 15) is 25.2 Å². The summed E-state index contributed by atoms with van der Waals surface area (Å²) in [6.07, 6.45) is 50.0. The minimum Gasteiger partial charge on any atom is -0.457 e. The normalized spacial score (nSPS) is 20.9. The Balaban J connectivity index is 2.27. The molecule has 0 bridgehead atoms. The molecule has 342 valence electrons. The van der Waals surface area contributed by atoms with E-state index in [1.165, 1.54) is 19.3 Å². The van der Waals surface area contributed by atoms with E-state index in [-0.39, 0.29) is 19.2 Å². The SMILES string of the molecule is CC/C=C\C/C=C\C/C=C\C/C=C\C/C=C\CCCCCCCCCC(=O)OC(COCCCCCC/C=C\C/C=C\C/C=C\CC)COC1OC(CO)C(O)C(O)C1O. The highest BCUT2D eigenvalue weighted by Gasteiger charge is 2.44. The van der Waals surface area contributed by atoms with E-state index in [4.69, 9.17) is 18.9 Å². The van der Waals surface area contributed by atoms with Crippen LogP contribution in [0.15, 0.2) is 97.2 Å². The summed E-state index contributed by atoms with van der Waals surface area (Å²) < 4.78 is 22.8. The number of esters is 1. The molecule has 1 rings (SSSR count). The van der Waals surface area contributed by atoms with Crippen molar-refractivity contribution in [1.82, 2.24) is 0 Å². The molecule has 0 aromatic rings. The third kappa shape index (κ3) is 31.9. The molecular weight excluding hydrogens is 757 g/mol. The Morgan fingerprint density at radius 2 is 0.967 bits per heavy atom. The molecule has 6 unspecified atom stereocenters. The molecule has 6 atom stereocenters. The smallest absolute Gasteiger partial charge is 0.306 e. The maximum atomic E-state index is 12.8. The molecular formula is C51H84O9. The number of ether oxygens (including phenoxy) is 4. The van der Waals surface area contributed by atoms with E-state index in [1.807, 2.05) is 0 Å². The maximum Gasteiger partial charge on any atom is 0.306 e. The number of unbranched alkanes of at least 4 members (excludes halogenated alkanes) is 11. The number of carbonyl (C=O) groups excluding carboxylic acids is 1. The zero-order valence-corrected chi connectivity index (χ0v) is 37.4. The maximum absolute atomic E-state index is 12.8. The molecule has 1 saturated heterocycles. The fraction of sp³-hybridized carbons (Fsp3) is 0.667. The summed E-state index contributed by atoms with van der Waals surface area (Å²) in [4.78, 5) is 12.8. The molecule has 0 amide bonds. The lowest BCUT2D eigenvalue weighted by Gasteiger charge is -2.39. The van der Waals surface area contributed by atoms with Crippen molar-refractivity contribution in [2.75, 3.05) is 26.4 Å². The molecule has 1 heterocycles. The van der Waals surface area contributed by atoms with Gasteiger partial charge in [0, 0.05) is 13.0 Å². The summed E-state index contributed by atoms with van der Waals surface area (Å²) in [7, 11) is 0. The molecule has 1 aliphatic rings. The van der Waals surface area contributed by atoms with Crippen LogP contribution in [-0.2, 0) is 23.7 Å². The lowest BCUT2D eigenvalue weighted by Crippen LogP contribution is -2.59. The van der Waals surface area contributed by atoms with Gasteiger partial charge in [0.25, 0.3) is 0 Å². The third-order valence-electron chi connectivity index (χ3n) is 10.00. The van der Waals surface area contributed by atoms with Crippen molar-refractivity contribution in [1.29, 1.82) is 0 Å². The van der Waals surface area contributed by atoms with Crippen molar-refractivity contribution < 1.29 is 44.2 Å². The Morgan fingerprint density at radius 3 is 1.45 bits per heavy atom. The number of hydrogen-bond acceptors (Lipinski definition) is 9. The number of aliphatic hydroxyl groups excluding tert-OH is 4. The molecule has 60 heavy (non-hydrogen) atoms. The fourth-order valence-corrected chi connectivity index (χ4v) is 6.41. The van der Waals surface area contributed by atoms with Gasteiger partial charge in [-0.25, -0.2) is 0 Å². The molecule has 0 aliphatic carbocycles. The van der Waals surface area contributed by atoms with E-state index in [0.29, 0.717) is 13.0 Å². The highest BCUT2D eigenvalue weighted by atomic mass is 16.7. The largest absolute Gasteiger partial charge is 0.457 e. The molecule has 0 radical (unpaired) electrons. The molecule has 4 N–H and O–H groups in total. The van der Waals surface area contributed by atoms with Crippen LogP contribution in [0.2, 0.25) is 0 Å². The Bertz CT molecular complexity index is 1230. The van der Waals surface area contributed by atoms with Crippen molar-refractivity contribution >= 4 is 5.97 Å². The van der Waals surface area contributed by atoms with E-state index < -0.39 is 43.4 Å². The van der Waals surface area contributed by atoms with Crippen LogP contribution in [0.1, 0.15) is 155 Å². The van der Waals surface area contributed by atoms with Gasteiger partial charge < -0.3 is 39.4 Å². The Kier molecular flexibility index (Phi) is 38.1. The predicted octanol–water partition coefficient (Wildman–Crippen LogP) is 10.8. The van der Waals surface area contributed by atoms with Gasteiger partial charge in [-0.1, -0.05) is 156 Å². The summed E-state index contributed by atoms with van der Waals surface area (Å²) in [6.45, 7) is 4.24. The molecule has 0 aromatic heterocycles. The van der Waals surface area contributed by atoms with Crippen molar-refractivity contribution in [2.24, 2.45) is 0 Å². The lowest BCUT2D eigenvalue weighted by atomic mass is 9.99. The molecule has 0 spiro atoms. The van der Waals surface area contributed by atoms with Gasteiger partial charge in [-0.2, -0.15) is 0 Å². The van der Waals surface area contributed by atoms with Crippen LogP contribution in [0.5, 0.6) is 0 Å². The first-order valence-electron chi connectivity index (χ1n) is 23.3. The lowest BCUT2D eigenvalue weighted by molar-refractivity contribution is -0.305. The summed E-state index contributed by atoms with van der Waals surface area (Å²) in [5, 5.41) is 40.1. The van der Waals surface area contributed by atoms with E-state index >= 15 is 0 Å². The molecule has 9 heteroatoms. The highest BCUT2D eigenvalue weighted by Crippen LogP contribution is 2.22. The first-order chi connectivity index (χ1) is 29.4. The van der Waals surface area contributed by atoms with E-state index in [0.717, 1.165) is 116 Å². The topological polar surface area (TPSA) is 135 Å². The first-order valence-corrected chi connectivity index (χ1v) is 23.3. The molecule has 1 aliphatic heterocycles. The molecule has 0 aromatic carbocycles. The van der Waals surface area contributed by atoms with Crippen molar-refractivity contribution in [3.05, 3.63) is 97.2 Å². The van der Waals surface area contributed by atoms with E-state index in [2.05, 4.69) is 111 Å². The van der Waals surface area contributed by atoms with Crippen molar-refractivity contribution in [3.63, 3.8) is 0 Å². The average molecular weight is 841 g/mol. The van der Waals surface area contributed by atoms with Crippen LogP contribution in [0.3, 0.4) is 0 Å². The zero-order valence-electron chi connectivity index (χ0n) is 37.4. The summed E-state index contributed by atoms with van der Waals surface area (Å²) >= 11 is 0. The number of rotatable bonds is 38. The van der Waals surface area contributed by atoms with Crippen LogP contribution in [0.25, 0.3) is 0 Å². The Morgan fingerprint density at radius 1 is 0.533 bits per heavy atom. The number of carbonyl (C=O) groups is 1. The summed E-state index contributed by atoms with van der Waals surface area (Å²) in [5.74, 6) is -0.338.